The molecule has 0 bridgehead atoms. The molecule has 30 heavy (non-hydrogen) atoms. The fraction of sp³-hybridized carbons (Fsp3) is 0.182. The van der Waals surface area contributed by atoms with Crippen molar-refractivity contribution in [2.75, 3.05) is 18.5 Å². The molecular formula is C22H19F2NO4S. The van der Waals surface area contributed by atoms with Gasteiger partial charge in [-0.15, -0.1) is 11.3 Å². The number of esters is 1. The molecule has 0 aliphatic carbocycles. The van der Waals surface area contributed by atoms with Gasteiger partial charge in [0.1, 0.15) is 16.3 Å². The van der Waals surface area contributed by atoms with Gasteiger partial charge in [0.25, 0.3) is 5.91 Å². The predicted molar refractivity (Wildman–Crippen MR) is 111 cm³/mol. The van der Waals surface area contributed by atoms with Crippen molar-refractivity contribution >= 4 is 28.2 Å². The summed E-state index contributed by atoms with van der Waals surface area (Å²) in [4.78, 5) is 25.1. The molecule has 0 spiro atoms. The molecule has 0 unspecified atom stereocenters. The zero-order valence-corrected chi connectivity index (χ0v) is 17.1. The lowest BCUT2D eigenvalue weighted by Gasteiger charge is -2.10. The monoisotopic (exact) mass is 431 g/mol. The van der Waals surface area contributed by atoms with E-state index in [9.17, 15) is 18.4 Å². The van der Waals surface area contributed by atoms with E-state index in [1.807, 2.05) is 6.92 Å². The molecule has 0 fully saturated rings. The number of hydrogen-bond acceptors (Lipinski definition) is 5. The minimum absolute atomic E-state index is 0.0697. The lowest BCUT2D eigenvalue weighted by atomic mass is 10.0. The Bertz CT molecular complexity index is 1060. The number of hydrogen-bond donors (Lipinski definition) is 1. The van der Waals surface area contributed by atoms with E-state index in [1.165, 1.54) is 6.07 Å². The third-order valence-electron chi connectivity index (χ3n) is 4.16. The summed E-state index contributed by atoms with van der Waals surface area (Å²) in [5, 5.41) is 4.58. The summed E-state index contributed by atoms with van der Waals surface area (Å²) in [6, 6.07) is 10.0. The minimum atomic E-state index is -1.13. The van der Waals surface area contributed by atoms with Gasteiger partial charge in [-0.2, -0.15) is 0 Å². The number of anilines is 1. The minimum Gasteiger partial charge on any atom is -0.494 e. The Kier molecular flexibility index (Phi) is 6.79. The summed E-state index contributed by atoms with van der Waals surface area (Å²) in [6.45, 7) is 4.26. The van der Waals surface area contributed by atoms with Gasteiger partial charge in [-0.3, -0.25) is 4.79 Å². The maximum atomic E-state index is 13.5. The van der Waals surface area contributed by atoms with E-state index in [0.717, 1.165) is 29.0 Å². The Hall–Kier alpha value is -3.26. The Labute approximate surface area is 176 Å². The third-order valence-corrected chi connectivity index (χ3v) is 5.05. The van der Waals surface area contributed by atoms with Gasteiger partial charge in [0.2, 0.25) is 0 Å². The van der Waals surface area contributed by atoms with Crippen LogP contribution in [0.4, 0.5) is 13.8 Å². The highest BCUT2D eigenvalue weighted by Crippen LogP contribution is 2.37. The quantitative estimate of drug-likeness (QED) is 0.500. The zero-order valence-electron chi connectivity index (χ0n) is 16.3. The van der Waals surface area contributed by atoms with E-state index >= 15 is 0 Å². The highest BCUT2D eigenvalue weighted by molar-refractivity contribution is 7.15. The Morgan fingerprint density at radius 2 is 1.73 bits per heavy atom. The Morgan fingerprint density at radius 1 is 1.00 bits per heavy atom. The van der Waals surface area contributed by atoms with Crippen molar-refractivity contribution < 1.29 is 27.8 Å². The van der Waals surface area contributed by atoms with Crippen LogP contribution in [-0.4, -0.2) is 25.1 Å². The SMILES string of the molecule is CCOC(=O)c1c(-c2ccc(OCC)cc2)csc1NC(=O)c1ccc(F)c(F)c1. The average molecular weight is 431 g/mol. The summed E-state index contributed by atoms with van der Waals surface area (Å²) in [5.74, 6) is -2.74. The zero-order chi connectivity index (χ0) is 21.7. The molecule has 3 rings (SSSR count). The lowest BCUT2D eigenvalue weighted by molar-refractivity contribution is 0.0529. The average Bonchev–Trinajstić information content (AvgIpc) is 3.14. The normalized spacial score (nSPS) is 10.5. The number of thiophene rings is 1. The van der Waals surface area contributed by atoms with Crippen molar-refractivity contribution in [3.05, 3.63) is 70.6 Å². The van der Waals surface area contributed by atoms with E-state index in [0.29, 0.717) is 17.9 Å². The molecule has 1 amide bonds. The van der Waals surface area contributed by atoms with Crippen molar-refractivity contribution in [3.8, 4) is 16.9 Å². The van der Waals surface area contributed by atoms with E-state index in [-0.39, 0.29) is 22.7 Å². The summed E-state index contributed by atoms with van der Waals surface area (Å²) >= 11 is 1.14. The number of ether oxygens (including phenoxy) is 2. The molecule has 3 aromatic rings. The van der Waals surface area contributed by atoms with Crippen LogP contribution in [0, 0.1) is 11.6 Å². The van der Waals surface area contributed by atoms with Crippen molar-refractivity contribution in [3.63, 3.8) is 0 Å². The number of benzene rings is 2. The van der Waals surface area contributed by atoms with Crippen molar-refractivity contribution in [2.24, 2.45) is 0 Å². The molecule has 1 aromatic heterocycles. The number of carbonyl (C=O) groups excluding carboxylic acids is 2. The van der Waals surface area contributed by atoms with Crippen LogP contribution >= 0.6 is 11.3 Å². The van der Waals surface area contributed by atoms with Gasteiger partial charge in [0, 0.05) is 16.5 Å². The first kappa shape index (κ1) is 21.4. The summed E-state index contributed by atoms with van der Waals surface area (Å²) in [6.07, 6.45) is 0. The van der Waals surface area contributed by atoms with Gasteiger partial charge >= 0.3 is 5.97 Å². The van der Waals surface area contributed by atoms with E-state index in [4.69, 9.17) is 9.47 Å². The highest BCUT2D eigenvalue weighted by atomic mass is 32.1. The van der Waals surface area contributed by atoms with Gasteiger partial charge in [-0.1, -0.05) is 12.1 Å². The molecule has 5 nitrogen and oxygen atoms in total. The van der Waals surface area contributed by atoms with Crippen LogP contribution in [0.25, 0.3) is 11.1 Å². The second-order valence-electron chi connectivity index (χ2n) is 6.11. The van der Waals surface area contributed by atoms with Gasteiger partial charge in [-0.05, 0) is 49.7 Å². The number of rotatable bonds is 7. The maximum Gasteiger partial charge on any atom is 0.341 e. The summed E-state index contributed by atoms with van der Waals surface area (Å²) < 4.78 is 37.2. The van der Waals surface area contributed by atoms with Crippen LogP contribution in [0.3, 0.4) is 0 Å². The standard InChI is InChI=1S/C22H19F2NO4S/c1-3-28-15-8-5-13(6-9-15)16-12-30-21(19(16)22(27)29-4-2)25-20(26)14-7-10-17(23)18(24)11-14/h5-12H,3-4H2,1-2H3,(H,25,26). The molecule has 0 saturated heterocycles. The van der Waals surface area contributed by atoms with Crippen LogP contribution in [-0.2, 0) is 4.74 Å². The Balaban J connectivity index is 1.95. The summed E-state index contributed by atoms with van der Waals surface area (Å²) in [7, 11) is 0. The second-order valence-corrected chi connectivity index (χ2v) is 6.99. The number of amides is 1. The third kappa shape index (κ3) is 4.65. The molecule has 8 heteroatoms. The molecule has 1 N–H and O–H groups in total. The van der Waals surface area contributed by atoms with Crippen molar-refractivity contribution in [1.82, 2.24) is 0 Å². The number of carbonyl (C=O) groups is 2. The molecule has 156 valence electrons. The Morgan fingerprint density at radius 3 is 2.37 bits per heavy atom. The number of nitrogens with one attached hydrogen (secondary N) is 1. The van der Waals surface area contributed by atoms with Gasteiger partial charge < -0.3 is 14.8 Å². The lowest BCUT2D eigenvalue weighted by Crippen LogP contribution is -2.15. The maximum absolute atomic E-state index is 13.5. The second kappa shape index (κ2) is 9.49. The first-order chi connectivity index (χ1) is 14.4. The molecule has 0 aliphatic rings. The van der Waals surface area contributed by atoms with E-state index in [2.05, 4.69) is 5.32 Å². The smallest absolute Gasteiger partial charge is 0.341 e. The molecule has 0 saturated carbocycles. The molecule has 1 heterocycles. The first-order valence-electron chi connectivity index (χ1n) is 9.22. The van der Waals surface area contributed by atoms with Crippen molar-refractivity contribution in [1.29, 1.82) is 0 Å². The van der Waals surface area contributed by atoms with Gasteiger partial charge in [-0.25, -0.2) is 13.6 Å². The van der Waals surface area contributed by atoms with Gasteiger partial charge in [0.15, 0.2) is 11.6 Å². The van der Waals surface area contributed by atoms with Gasteiger partial charge in [0.05, 0.1) is 13.2 Å². The predicted octanol–water partition coefficient (Wildman–Crippen LogP) is 5.52. The van der Waals surface area contributed by atoms with Crippen molar-refractivity contribution in [2.45, 2.75) is 13.8 Å². The molecular weight excluding hydrogens is 412 g/mol. The first-order valence-corrected chi connectivity index (χ1v) is 10.1. The van der Waals surface area contributed by atoms with Crippen LogP contribution < -0.4 is 10.1 Å². The van der Waals surface area contributed by atoms with E-state index in [1.54, 1.807) is 36.6 Å². The van der Waals surface area contributed by atoms with Crippen LogP contribution in [0.2, 0.25) is 0 Å². The largest absolute Gasteiger partial charge is 0.494 e. The fourth-order valence-corrected chi connectivity index (χ4v) is 3.73. The molecule has 0 atom stereocenters. The van der Waals surface area contributed by atoms with Crippen LogP contribution in [0.1, 0.15) is 34.6 Å². The fourth-order valence-electron chi connectivity index (χ4n) is 2.78. The van der Waals surface area contributed by atoms with Crippen LogP contribution in [0.15, 0.2) is 47.8 Å². The number of halogens is 2. The summed E-state index contributed by atoms with van der Waals surface area (Å²) in [5.41, 5.74) is 1.45. The highest BCUT2D eigenvalue weighted by Gasteiger charge is 2.23. The van der Waals surface area contributed by atoms with E-state index < -0.39 is 23.5 Å². The van der Waals surface area contributed by atoms with Crippen LogP contribution in [0.5, 0.6) is 5.75 Å². The molecule has 2 aromatic carbocycles. The topological polar surface area (TPSA) is 64.6 Å². The molecule has 0 aliphatic heterocycles. The molecule has 0 radical (unpaired) electrons.